The van der Waals surface area contributed by atoms with Gasteiger partial charge in [0.25, 0.3) is 5.91 Å². The molecule has 2 aromatic rings. The molecule has 1 fully saturated rings. The molecule has 1 aliphatic heterocycles. The van der Waals surface area contributed by atoms with E-state index in [4.69, 9.17) is 9.47 Å². The van der Waals surface area contributed by atoms with Gasteiger partial charge in [-0.05, 0) is 29.8 Å². The van der Waals surface area contributed by atoms with Crippen LogP contribution in [0.15, 0.2) is 48.5 Å². The number of anilines is 1. The molecule has 0 aliphatic carbocycles. The Hall–Kier alpha value is -2.53. The third-order valence-electron chi connectivity index (χ3n) is 4.47. The second kappa shape index (κ2) is 8.03. The van der Waals surface area contributed by atoms with Gasteiger partial charge in [-0.3, -0.25) is 4.79 Å². The largest absolute Gasteiger partial charge is 0.497 e. The van der Waals surface area contributed by atoms with Gasteiger partial charge in [-0.2, -0.15) is 0 Å². The number of piperazine rings is 1. The molecule has 1 amide bonds. The van der Waals surface area contributed by atoms with Crippen molar-refractivity contribution < 1.29 is 14.3 Å². The Morgan fingerprint density at radius 3 is 2.48 bits per heavy atom. The highest BCUT2D eigenvalue weighted by molar-refractivity contribution is 5.94. The van der Waals surface area contributed by atoms with Crippen molar-refractivity contribution in [3.63, 3.8) is 0 Å². The van der Waals surface area contributed by atoms with Crippen LogP contribution in [0.1, 0.15) is 15.9 Å². The molecule has 5 heteroatoms. The Bertz CT molecular complexity index is 724. The average Bonchev–Trinajstić information content (AvgIpc) is 2.68. The highest BCUT2D eigenvalue weighted by Crippen LogP contribution is 2.22. The number of rotatable bonds is 5. The summed E-state index contributed by atoms with van der Waals surface area (Å²) in [6, 6.07) is 15.7. The Labute approximate surface area is 148 Å². The number of carbonyl (C=O) groups is 1. The van der Waals surface area contributed by atoms with E-state index in [0.717, 1.165) is 35.7 Å². The molecular weight excluding hydrogens is 316 g/mol. The summed E-state index contributed by atoms with van der Waals surface area (Å²) >= 11 is 0. The summed E-state index contributed by atoms with van der Waals surface area (Å²) in [5, 5.41) is 0. The summed E-state index contributed by atoms with van der Waals surface area (Å²) in [4.78, 5) is 17.0. The quantitative estimate of drug-likeness (QED) is 0.839. The molecule has 1 heterocycles. The zero-order valence-corrected chi connectivity index (χ0v) is 14.8. The first-order chi connectivity index (χ1) is 12.2. The number of carbonyl (C=O) groups excluding carboxylic acids is 1. The lowest BCUT2D eigenvalue weighted by atomic mass is 10.1. The standard InChI is InChI=1S/C20H24N2O3/c1-24-15-16-5-3-6-17(13-16)20(23)22-11-9-21(10-12-22)18-7-4-8-19(14-18)25-2/h3-8,13-14H,9-12,15H2,1-2H3. The van der Waals surface area contributed by atoms with E-state index in [-0.39, 0.29) is 5.91 Å². The van der Waals surface area contributed by atoms with Gasteiger partial charge < -0.3 is 19.3 Å². The first-order valence-electron chi connectivity index (χ1n) is 8.47. The summed E-state index contributed by atoms with van der Waals surface area (Å²) in [5.74, 6) is 0.939. The number of amides is 1. The molecule has 0 bridgehead atoms. The molecule has 1 aliphatic rings. The van der Waals surface area contributed by atoms with Crippen molar-refractivity contribution in [1.82, 2.24) is 4.90 Å². The fraction of sp³-hybridized carbons (Fsp3) is 0.350. The van der Waals surface area contributed by atoms with E-state index in [1.54, 1.807) is 14.2 Å². The molecule has 0 aromatic heterocycles. The van der Waals surface area contributed by atoms with Crippen LogP contribution in [0.5, 0.6) is 5.75 Å². The van der Waals surface area contributed by atoms with Crippen LogP contribution in [0.3, 0.4) is 0 Å². The molecule has 0 spiro atoms. The monoisotopic (exact) mass is 340 g/mol. The smallest absolute Gasteiger partial charge is 0.253 e. The van der Waals surface area contributed by atoms with Crippen molar-refractivity contribution in [2.75, 3.05) is 45.3 Å². The van der Waals surface area contributed by atoms with Gasteiger partial charge in [0.2, 0.25) is 0 Å². The van der Waals surface area contributed by atoms with E-state index >= 15 is 0 Å². The third-order valence-corrected chi connectivity index (χ3v) is 4.47. The molecule has 0 atom stereocenters. The van der Waals surface area contributed by atoms with E-state index in [9.17, 15) is 4.79 Å². The topological polar surface area (TPSA) is 42.0 Å². The SMILES string of the molecule is COCc1cccc(C(=O)N2CCN(c3cccc(OC)c3)CC2)c1. The average molecular weight is 340 g/mol. The second-order valence-corrected chi connectivity index (χ2v) is 6.11. The summed E-state index contributed by atoms with van der Waals surface area (Å²) < 4.78 is 10.4. The molecule has 1 saturated heterocycles. The van der Waals surface area contributed by atoms with Gasteiger partial charge in [0.05, 0.1) is 13.7 Å². The van der Waals surface area contributed by atoms with Crippen LogP contribution in [0, 0.1) is 0 Å². The number of hydrogen-bond acceptors (Lipinski definition) is 4. The van der Waals surface area contributed by atoms with Crippen molar-refractivity contribution in [3.8, 4) is 5.75 Å². The van der Waals surface area contributed by atoms with E-state index in [0.29, 0.717) is 19.7 Å². The Morgan fingerprint density at radius 2 is 1.76 bits per heavy atom. The van der Waals surface area contributed by atoms with Crippen LogP contribution < -0.4 is 9.64 Å². The molecule has 0 saturated carbocycles. The lowest BCUT2D eigenvalue weighted by Gasteiger charge is -2.36. The minimum absolute atomic E-state index is 0.0863. The van der Waals surface area contributed by atoms with E-state index < -0.39 is 0 Å². The van der Waals surface area contributed by atoms with Gasteiger partial charge in [0, 0.05) is 50.6 Å². The lowest BCUT2D eigenvalue weighted by molar-refractivity contribution is 0.0746. The number of nitrogens with zero attached hydrogens (tertiary/aromatic N) is 2. The normalized spacial score (nSPS) is 14.5. The van der Waals surface area contributed by atoms with Crippen molar-refractivity contribution in [2.45, 2.75) is 6.61 Å². The molecule has 5 nitrogen and oxygen atoms in total. The van der Waals surface area contributed by atoms with Gasteiger partial charge in [-0.15, -0.1) is 0 Å². The van der Waals surface area contributed by atoms with Crippen molar-refractivity contribution in [1.29, 1.82) is 0 Å². The van der Waals surface area contributed by atoms with E-state index in [2.05, 4.69) is 11.0 Å². The molecule has 0 unspecified atom stereocenters. The summed E-state index contributed by atoms with van der Waals surface area (Å²) in [5.41, 5.74) is 2.88. The van der Waals surface area contributed by atoms with Crippen LogP contribution in [-0.2, 0) is 11.3 Å². The number of methoxy groups -OCH3 is 2. The number of ether oxygens (including phenoxy) is 2. The molecule has 132 valence electrons. The van der Waals surface area contributed by atoms with Crippen LogP contribution in [0.25, 0.3) is 0 Å². The zero-order chi connectivity index (χ0) is 17.6. The maximum atomic E-state index is 12.7. The first kappa shape index (κ1) is 17.3. The summed E-state index contributed by atoms with van der Waals surface area (Å²) in [6.07, 6.45) is 0. The zero-order valence-electron chi connectivity index (χ0n) is 14.8. The summed E-state index contributed by atoms with van der Waals surface area (Å²) in [6.45, 7) is 3.58. The molecular formula is C20H24N2O3. The molecule has 0 N–H and O–H groups in total. The van der Waals surface area contributed by atoms with Crippen LogP contribution >= 0.6 is 0 Å². The van der Waals surface area contributed by atoms with Gasteiger partial charge in [0.15, 0.2) is 0 Å². The van der Waals surface area contributed by atoms with Crippen molar-refractivity contribution in [2.24, 2.45) is 0 Å². The van der Waals surface area contributed by atoms with Crippen LogP contribution in [-0.4, -0.2) is 51.2 Å². The van der Waals surface area contributed by atoms with E-state index in [1.165, 1.54) is 0 Å². The predicted molar refractivity (Wildman–Crippen MR) is 98.3 cm³/mol. The van der Waals surface area contributed by atoms with Gasteiger partial charge in [-0.25, -0.2) is 0 Å². The lowest BCUT2D eigenvalue weighted by Crippen LogP contribution is -2.48. The Morgan fingerprint density at radius 1 is 1.00 bits per heavy atom. The minimum Gasteiger partial charge on any atom is -0.497 e. The summed E-state index contributed by atoms with van der Waals surface area (Å²) in [7, 11) is 3.33. The number of hydrogen-bond donors (Lipinski definition) is 0. The van der Waals surface area contributed by atoms with Gasteiger partial charge in [-0.1, -0.05) is 18.2 Å². The first-order valence-corrected chi connectivity index (χ1v) is 8.47. The van der Waals surface area contributed by atoms with Gasteiger partial charge >= 0.3 is 0 Å². The van der Waals surface area contributed by atoms with Crippen molar-refractivity contribution >= 4 is 11.6 Å². The minimum atomic E-state index is 0.0863. The van der Waals surface area contributed by atoms with Gasteiger partial charge in [0.1, 0.15) is 5.75 Å². The van der Waals surface area contributed by atoms with Crippen molar-refractivity contribution in [3.05, 3.63) is 59.7 Å². The van der Waals surface area contributed by atoms with Crippen LogP contribution in [0.4, 0.5) is 5.69 Å². The third kappa shape index (κ3) is 4.12. The fourth-order valence-corrected chi connectivity index (χ4v) is 3.12. The second-order valence-electron chi connectivity index (χ2n) is 6.11. The Kier molecular flexibility index (Phi) is 5.56. The van der Waals surface area contributed by atoms with E-state index in [1.807, 2.05) is 47.4 Å². The maximum absolute atomic E-state index is 12.7. The molecule has 2 aromatic carbocycles. The maximum Gasteiger partial charge on any atom is 0.253 e. The molecule has 3 rings (SSSR count). The highest BCUT2D eigenvalue weighted by Gasteiger charge is 2.22. The number of benzene rings is 2. The highest BCUT2D eigenvalue weighted by atomic mass is 16.5. The fourth-order valence-electron chi connectivity index (χ4n) is 3.12. The molecule has 25 heavy (non-hydrogen) atoms. The Balaban J connectivity index is 1.63. The van der Waals surface area contributed by atoms with Crippen LogP contribution in [0.2, 0.25) is 0 Å². The predicted octanol–water partition coefficient (Wildman–Crippen LogP) is 2.80. The molecule has 0 radical (unpaired) electrons.